The molecule has 1 rings (SSSR count). The fourth-order valence-corrected chi connectivity index (χ4v) is 1.50. The van der Waals surface area contributed by atoms with E-state index in [1.54, 1.807) is 14.2 Å². The fraction of sp³-hybridized carbons (Fsp3) is 0.571. The van der Waals surface area contributed by atoms with Crippen molar-refractivity contribution in [3.8, 4) is 11.5 Å². The Labute approximate surface area is 109 Å². The van der Waals surface area contributed by atoms with Crippen LogP contribution in [0.1, 0.15) is 39.3 Å². The Bertz CT molecular complexity index is 385. The standard InChI is InChI=1S/C14H23NO3/c1-10(15-18-14(2,3)4)12-8-7-11(16-5)9-13(12)17-6/h7-10,15H,1-6H3. The molecule has 1 aromatic carbocycles. The van der Waals surface area contributed by atoms with E-state index >= 15 is 0 Å². The minimum Gasteiger partial charge on any atom is -0.497 e. The maximum Gasteiger partial charge on any atom is 0.127 e. The molecule has 0 saturated heterocycles. The summed E-state index contributed by atoms with van der Waals surface area (Å²) in [6, 6.07) is 5.78. The number of hydrogen-bond donors (Lipinski definition) is 1. The zero-order valence-electron chi connectivity index (χ0n) is 12.0. The minimum atomic E-state index is -0.228. The molecule has 0 heterocycles. The third kappa shape index (κ3) is 4.20. The van der Waals surface area contributed by atoms with Gasteiger partial charge in [-0.2, -0.15) is 5.48 Å². The number of ether oxygens (including phenoxy) is 2. The van der Waals surface area contributed by atoms with Gasteiger partial charge in [0, 0.05) is 11.6 Å². The van der Waals surface area contributed by atoms with Crippen molar-refractivity contribution in [3.05, 3.63) is 23.8 Å². The Morgan fingerprint density at radius 1 is 1.11 bits per heavy atom. The average Bonchev–Trinajstić information content (AvgIpc) is 2.34. The van der Waals surface area contributed by atoms with Crippen molar-refractivity contribution in [1.29, 1.82) is 0 Å². The lowest BCUT2D eigenvalue weighted by molar-refractivity contribution is -0.0868. The highest BCUT2D eigenvalue weighted by Crippen LogP contribution is 2.29. The first kappa shape index (κ1) is 14.8. The van der Waals surface area contributed by atoms with E-state index in [0.29, 0.717) is 0 Å². The van der Waals surface area contributed by atoms with Crippen LogP contribution in [0, 0.1) is 0 Å². The third-order valence-corrected chi connectivity index (χ3v) is 2.45. The van der Waals surface area contributed by atoms with Crippen molar-refractivity contribution in [2.24, 2.45) is 0 Å². The highest BCUT2D eigenvalue weighted by atomic mass is 16.7. The summed E-state index contributed by atoms with van der Waals surface area (Å²) < 4.78 is 10.5. The van der Waals surface area contributed by atoms with E-state index in [1.165, 1.54) is 0 Å². The molecule has 102 valence electrons. The minimum absolute atomic E-state index is 0.0325. The molecular formula is C14H23NO3. The second kappa shape index (κ2) is 6.07. The quantitative estimate of drug-likeness (QED) is 0.819. The van der Waals surface area contributed by atoms with E-state index in [-0.39, 0.29) is 11.6 Å². The topological polar surface area (TPSA) is 39.7 Å². The van der Waals surface area contributed by atoms with Crippen molar-refractivity contribution in [2.75, 3.05) is 14.2 Å². The molecular weight excluding hydrogens is 230 g/mol. The highest BCUT2D eigenvalue weighted by molar-refractivity contribution is 5.42. The van der Waals surface area contributed by atoms with Crippen LogP contribution in [0.5, 0.6) is 11.5 Å². The highest BCUT2D eigenvalue weighted by Gasteiger charge is 2.16. The fourth-order valence-electron chi connectivity index (χ4n) is 1.50. The maximum absolute atomic E-state index is 5.56. The van der Waals surface area contributed by atoms with Crippen molar-refractivity contribution >= 4 is 0 Å². The zero-order chi connectivity index (χ0) is 13.8. The number of methoxy groups -OCH3 is 2. The normalized spacial score (nSPS) is 13.2. The molecule has 0 aromatic heterocycles. The van der Waals surface area contributed by atoms with Gasteiger partial charge in [0.15, 0.2) is 0 Å². The molecule has 18 heavy (non-hydrogen) atoms. The molecule has 1 aromatic rings. The van der Waals surface area contributed by atoms with E-state index in [1.807, 2.05) is 45.9 Å². The van der Waals surface area contributed by atoms with Gasteiger partial charge in [-0.25, -0.2) is 0 Å². The second-order valence-corrected chi connectivity index (χ2v) is 5.16. The van der Waals surface area contributed by atoms with Crippen LogP contribution >= 0.6 is 0 Å². The molecule has 0 amide bonds. The van der Waals surface area contributed by atoms with Crippen molar-refractivity contribution in [2.45, 2.75) is 39.3 Å². The summed E-state index contributed by atoms with van der Waals surface area (Å²) in [4.78, 5) is 5.56. The molecule has 0 aliphatic rings. The molecule has 0 bridgehead atoms. The van der Waals surface area contributed by atoms with E-state index in [0.717, 1.165) is 17.1 Å². The van der Waals surface area contributed by atoms with Crippen LogP contribution in [0.2, 0.25) is 0 Å². The molecule has 1 unspecified atom stereocenters. The summed E-state index contributed by atoms with van der Waals surface area (Å²) in [6.07, 6.45) is 0. The molecule has 0 radical (unpaired) electrons. The summed E-state index contributed by atoms with van der Waals surface area (Å²) in [5, 5.41) is 0. The van der Waals surface area contributed by atoms with Gasteiger partial charge in [-0.3, -0.25) is 4.84 Å². The van der Waals surface area contributed by atoms with E-state index in [2.05, 4.69) is 5.48 Å². The van der Waals surface area contributed by atoms with Crippen LogP contribution < -0.4 is 15.0 Å². The Morgan fingerprint density at radius 2 is 1.78 bits per heavy atom. The lowest BCUT2D eigenvalue weighted by atomic mass is 10.1. The number of benzene rings is 1. The smallest absolute Gasteiger partial charge is 0.127 e. The van der Waals surface area contributed by atoms with Gasteiger partial charge >= 0.3 is 0 Å². The van der Waals surface area contributed by atoms with Gasteiger partial charge < -0.3 is 9.47 Å². The summed E-state index contributed by atoms with van der Waals surface area (Å²) >= 11 is 0. The predicted molar refractivity (Wildman–Crippen MR) is 71.9 cm³/mol. The second-order valence-electron chi connectivity index (χ2n) is 5.16. The van der Waals surface area contributed by atoms with Gasteiger partial charge in [0.1, 0.15) is 11.5 Å². The van der Waals surface area contributed by atoms with Crippen LogP contribution in [-0.2, 0) is 4.84 Å². The van der Waals surface area contributed by atoms with E-state index in [9.17, 15) is 0 Å². The number of nitrogens with one attached hydrogen (secondary N) is 1. The summed E-state index contributed by atoms with van der Waals surface area (Å²) in [5.74, 6) is 1.56. The Balaban J connectivity index is 2.81. The summed E-state index contributed by atoms with van der Waals surface area (Å²) in [5.41, 5.74) is 3.83. The summed E-state index contributed by atoms with van der Waals surface area (Å²) in [6.45, 7) is 8.02. The molecule has 1 N–H and O–H groups in total. The first-order valence-corrected chi connectivity index (χ1v) is 6.03. The van der Waals surface area contributed by atoms with Gasteiger partial charge in [-0.05, 0) is 39.8 Å². The van der Waals surface area contributed by atoms with Gasteiger partial charge in [0.05, 0.1) is 25.9 Å². The zero-order valence-corrected chi connectivity index (χ0v) is 12.0. The molecule has 4 heteroatoms. The Morgan fingerprint density at radius 3 is 2.28 bits per heavy atom. The Hall–Kier alpha value is -1.26. The lowest BCUT2D eigenvalue weighted by Gasteiger charge is -2.24. The molecule has 4 nitrogen and oxygen atoms in total. The van der Waals surface area contributed by atoms with Gasteiger partial charge in [-0.15, -0.1) is 0 Å². The monoisotopic (exact) mass is 253 g/mol. The first-order valence-electron chi connectivity index (χ1n) is 6.03. The Kier molecular flexibility index (Phi) is 4.99. The van der Waals surface area contributed by atoms with Crippen molar-refractivity contribution in [1.82, 2.24) is 5.48 Å². The molecule has 0 aliphatic carbocycles. The molecule has 0 aliphatic heterocycles. The average molecular weight is 253 g/mol. The van der Waals surface area contributed by atoms with E-state index in [4.69, 9.17) is 14.3 Å². The number of hydroxylamine groups is 1. The van der Waals surface area contributed by atoms with Crippen LogP contribution in [0.3, 0.4) is 0 Å². The van der Waals surface area contributed by atoms with Gasteiger partial charge in [-0.1, -0.05) is 0 Å². The summed E-state index contributed by atoms with van der Waals surface area (Å²) in [7, 11) is 3.29. The molecule has 0 saturated carbocycles. The third-order valence-electron chi connectivity index (χ3n) is 2.45. The lowest BCUT2D eigenvalue weighted by Crippen LogP contribution is -2.31. The van der Waals surface area contributed by atoms with Crippen LogP contribution in [0.25, 0.3) is 0 Å². The molecule has 0 spiro atoms. The SMILES string of the molecule is COc1ccc(C(C)NOC(C)(C)C)c(OC)c1. The van der Waals surface area contributed by atoms with E-state index < -0.39 is 0 Å². The van der Waals surface area contributed by atoms with Crippen LogP contribution in [-0.4, -0.2) is 19.8 Å². The molecule has 1 atom stereocenters. The maximum atomic E-state index is 5.56. The largest absolute Gasteiger partial charge is 0.497 e. The molecule has 0 fully saturated rings. The number of rotatable bonds is 5. The van der Waals surface area contributed by atoms with Gasteiger partial charge in [0.2, 0.25) is 0 Å². The predicted octanol–water partition coefficient (Wildman–Crippen LogP) is 3.08. The number of hydrogen-bond acceptors (Lipinski definition) is 4. The first-order chi connectivity index (χ1) is 8.37. The van der Waals surface area contributed by atoms with Crippen molar-refractivity contribution in [3.63, 3.8) is 0 Å². The van der Waals surface area contributed by atoms with Gasteiger partial charge in [0.25, 0.3) is 0 Å². The van der Waals surface area contributed by atoms with Crippen LogP contribution in [0.15, 0.2) is 18.2 Å². The van der Waals surface area contributed by atoms with Crippen molar-refractivity contribution < 1.29 is 14.3 Å². The van der Waals surface area contributed by atoms with Crippen LogP contribution in [0.4, 0.5) is 0 Å².